The zero-order chi connectivity index (χ0) is 14.0. The summed E-state index contributed by atoms with van der Waals surface area (Å²) in [6.07, 6.45) is 3.50. The van der Waals surface area contributed by atoms with Gasteiger partial charge in [-0.2, -0.15) is 0 Å². The quantitative estimate of drug-likeness (QED) is 0.817. The molecule has 0 atom stereocenters. The zero-order valence-electron chi connectivity index (χ0n) is 11.8. The molecular formula is C15H23N3O. The number of nitrogens with two attached hydrogens (primary N) is 2. The highest BCUT2D eigenvalue weighted by atomic mass is 16.1. The maximum atomic E-state index is 11.6. The van der Waals surface area contributed by atoms with Crippen molar-refractivity contribution in [1.82, 2.24) is 0 Å². The first-order valence-corrected chi connectivity index (χ1v) is 6.95. The van der Waals surface area contributed by atoms with Crippen molar-refractivity contribution in [3.05, 3.63) is 23.8 Å². The molecule has 1 aliphatic rings. The molecule has 4 heteroatoms. The molecule has 1 heterocycles. The normalized spacial score (nSPS) is 17.7. The summed E-state index contributed by atoms with van der Waals surface area (Å²) < 4.78 is 0. The summed E-state index contributed by atoms with van der Waals surface area (Å²) in [5.74, 6) is -0.409. The second-order valence-electron chi connectivity index (χ2n) is 5.52. The lowest BCUT2D eigenvalue weighted by Crippen LogP contribution is -2.28. The lowest BCUT2D eigenvalue weighted by molar-refractivity contribution is 0.100. The number of nitrogens with zero attached hydrogens (tertiary/aromatic N) is 1. The molecule has 104 valence electrons. The van der Waals surface area contributed by atoms with E-state index in [2.05, 4.69) is 18.7 Å². The van der Waals surface area contributed by atoms with Crippen LogP contribution in [0.25, 0.3) is 0 Å². The molecule has 1 aromatic carbocycles. The SMILES string of the molecule is CCC1(CC)CCN(c2ccc(N)cc2C(N)=O)C1. The summed E-state index contributed by atoms with van der Waals surface area (Å²) in [6.45, 7) is 6.45. The summed E-state index contributed by atoms with van der Waals surface area (Å²) in [5.41, 5.74) is 13.6. The summed E-state index contributed by atoms with van der Waals surface area (Å²) >= 11 is 0. The van der Waals surface area contributed by atoms with Gasteiger partial charge in [-0.05, 0) is 42.9 Å². The lowest BCUT2D eigenvalue weighted by atomic mass is 9.82. The Kier molecular flexibility index (Phi) is 3.69. The minimum Gasteiger partial charge on any atom is -0.399 e. The van der Waals surface area contributed by atoms with E-state index in [1.165, 1.54) is 19.3 Å². The maximum absolute atomic E-state index is 11.6. The molecule has 1 amide bonds. The molecule has 1 fully saturated rings. The fourth-order valence-electron chi connectivity index (χ4n) is 2.99. The van der Waals surface area contributed by atoms with Gasteiger partial charge in [0.2, 0.25) is 0 Å². The van der Waals surface area contributed by atoms with Crippen molar-refractivity contribution in [1.29, 1.82) is 0 Å². The van der Waals surface area contributed by atoms with Gasteiger partial charge in [0.25, 0.3) is 5.91 Å². The molecular weight excluding hydrogens is 238 g/mol. The van der Waals surface area contributed by atoms with Gasteiger partial charge < -0.3 is 16.4 Å². The molecule has 0 spiro atoms. The van der Waals surface area contributed by atoms with E-state index in [0.29, 0.717) is 16.7 Å². The Bertz CT molecular complexity index is 480. The van der Waals surface area contributed by atoms with Crippen molar-refractivity contribution in [3.63, 3.8) is 0 Å². The highest BCUT2D eigenvalue weighted by Gasteiger charge is 2.35. The summed E-state index contributed by atoms with van der Waals surface area (Å²) in [7, 11) is 0. The predicted octanol–water partition coefficient (Wildman–Crippen LogP) is 2.38. The van der Waals surface area contributed by atoms with Gasteiger partial charge in [-0.15, -0.1) is 0 Å². The standard InChI is InChI=1S/C15H23N3O/c1-3-15(4-2)7-8-18(10-15)13-6-5-11(16)9-12(13)14(17)19/h5-6,9H,3-4,7-8,10,16H2,1-2H3,(H2,17,19). The third kappa shape index (κ3) is 2.53. The molecule has 1 aromatic rings. The Balaban J connectivity index is 2.31. The molecule has 0 saturated carbocycles. The van der Waals surface area contributed by atoms with Gasteiger partial charge in [-0.25, -0.2) is 0 Å². The average Bonchev–Trinajstić information content (AvgIpc) is 2.83. The van der Waals surface area contributed by atoms with Gasteiger partial charge in [0, 0.05) is 24.5 Å². The molecule has 1 aliphatic heterocycles. The van der Waals surface area contributed by atoms with E-state index < -0.39 is 5.91 Å². The highest BCUT2D eigenvalue weighted by Crippen LogP contribution is 2.40. The van der Waals surface area contributed by atoms with Crippen LogP contribution in [0.5, 0.6) is 0 Å². The number of primary amides is 1. The molecule has 4 nitrogen and oxygen atoms in total. The number of carbonyl (C=O) groups is 1. The van der Waals surface area contributed by atoms with Crippen LogP contribution in [0.3, 0.4) is 0 Å². The molecule has 1 saturated heterocycles. The first-order chi connectivity index (χ1) is 9.01. The van der Waals surface area contributed by atoms with Gasteiger partial charge in [-0.3, -0.25) is 4.79 Å². The summed E-state index contributed by atoms with van der Waals surface area (Å²) in [5, 5.41) is 0. The van der Waals surface area contributed by atoms with Gasteiger partial charge in [-0.1, -0.05) is 13.8 Å². The Labute approximate surface area is 114 Å². The second-order valence-corrected chi connectivity index (χ2v) is 5.52. The van der Waals surface area contributed by atoms with Crippen molar-refractivity contribution in [2.24, 2.45) is 11.1 Å². The predicted molar refractivity (Wildman–Crippen MR) is 79.2 cm³/mol. The van der Waals surface area contributed by atoms with Crippen LogP contribution < -0.4 is 16.4 Å². The van der Waals surface area contributed by atoms with Crippen LogP contribution in [0.4, 0.5) is 11.4 Å². The zero-order valence-corrected chi connectivity index (χ0v) is 11.8. The lowest BCUT2D eigenvalue weighted by Gasteiger charge is -2.28. The van der Waals surface area contributed by atoms with Crippen LogP contribution in [0.15, 0.2) is 18.2 Å². The van der Waals surface area contributed by atoms with Gasteiger partial charge in [0.1, 0.15) is 0 Å². The van der Waals surface area contributed by atoms with Crippen molar-refractivity contribution < 1.29 is 4.79 Å². The number of hydrogen-bond donors (Lipinski definition) is 2. The number of nitrogen functional groups attached to an aromatic ring is 1. The van der Waals surface area contributed by atoms with E-state index >= 15 is 0 Å². The second kappa shape index (κ2) is 5.11. The minimum atomic E-state index is -0.409. The largest absolute Gasteiger partial charge is 0.399 e. The molecule has 0 bridgehead atoms. The van der Waals surface area contributed by atoms with Gasteiger partial charge in [0.05, 0.1) is 5.56 Å². The van der Waals surface area contributed by atoms with Crippen LogP contribution in [0.1, 0.15) is 43.5 Å². The first kappa shape index (κ1) is 13.7. The maximum Gasteiger partial charge on any atom is 0.250 e. The molecule has 4 N–H and O–H groups in total. The molecule has 19 heavy (non-hydrogen) atoms. The van der Waals surface area contributed by atoms with Gasteiger partial charge >= 0.3 is 0 Å². The number of benzene rings is 1. The topological polar surface area (TPSA) is 72.3 Å². The Morgan fingerprint density at radius 3 is 2.58 bits per heavy atom. The van der Waals surface area contributed by atoms with Crippen molar-refractivity contribution in [2.75, 3.05) is 23.7 Å². The third-order valence-corrected chi connectivity index (χ3v) is 4.57. The number of hydrogen-bond acceptors (Lipinski definition) is 3. The Morgan fingerprint density at radius 1 is 1.37 bits per heavy atom. The number of amides is 1. The minimum absolute atomic E-state index is 0.371. The van der Waals surface area contributed by atoms with E-state index in [0.717, 1.165) is 18.8 Å². The number of rotatable bonds is 4. The Hall–Kier alpha value is -1.71. The molecule has 0 aliphatic carbocycles. The van der Waals surface area contributed by atoms with Crippen molar-refractivity contribution in [2.45, 2.75) is 33.1 Å². The van der Waals surface area contributed by atoms with Crippen LogP contribution in [0, 0.1) is 5.41 Å². The van der Waals surface area contributed by atoms with Crippen LogP contribution in [0.2, 0.25) is 0 Å². The fraction of sp³-hybridized carbons (Fsp3) is 0.533. The monoisotopic (exact) mass is 261 g/mol. The smallest absolute Gasteiger partial charge is 0.250 e. The molecule has 0 aromatic heterocycles. The molecule has 0 unspecified atom stereocenters. The molecule has 0 radical (unpaired) electrons. The van der Waals surface area contributed by atoms with E-state index in [1.807, 2.05) is 12.1 Å². The highest BCUT2D eigenvalue weighted by molar-refractivity contribution is 5.99. The molecule has 2 rings (SSSR count). The van der Waals surface area contributed by atoms with Crippen molar-refractivity contribution >= 4 is 17.3 Å². The van der Waals surface area contributed by atoms with E-state index in [9.17, 15) is 4.79 Å². The number of carbonyl (C=O) groups excluding carboxylic acids is 1. The van der Waals surface area contributed by atoms with E-state index in [1.54, 1.807) is 6.07 Å². The fourth-order valence-corrected chi connectivity index (χ4v) is 2.99. The third-order valence-electron chi connectivity index (χ3n) is 4.57. The summed E-state index contributed by atoms with van der Waals surface area (Å²) in [4.78, 5) is 13.8. The Morgan fingerprint density at radius 2 is 2.05 bits per heavy atom. The van der Waals surface area contributed by atoms with Crippen LogP contribution in [-0.4, -0.2) is 19.0 Å². The van der Waals surface area contributed by atoms with E-state index in [4.69, 9.17) is 11.5 Å². The van der Waals surface area contributed by atoms with Crippen LogP contribution >= 0.6 is 0 Å². The first-order valence-electron chi connectivity index (χ1n) is 6.95. The van der Waals surface area contributed by atoms with Crippen molar-refractivity contribution in [3.8, 4) is 0 Å². The van der Waals surface area contributed by atoms with Crippen LogP contribution in [-0.2, 0) is 0 Å². The number of anilines is 2. The average molecular weight is 261 g/mol. The van der Waals surface area contributed by atoms with Gasteiger partial charge in [0.15, 0.2) is 0 Å². The summed E-state index contributed by atoms with van der Waals surface area (Å²) in [6, 6.07) is 5.42. The van der Waals surface area contributed by atoms with E-state index in [-0.39, 0.29) is 0 Å².